The minimum absolute atomic E-state index is 0.543. The zero-order chi connectivity index (χ0) is 16.9. The van der Waals surface area contributed by atoms with Gasteiger partial charge in [-0.2, -0.15) is 5.26 Å². The Bertz CT molecular complexity index is 931. The summed E-state index contributed by atoms with van der Waals surface area (Å²) in [6, 6.07) is 18.0. The van der Waals surface area contributed by atoms with E-state index < -0.39 is 0 Å². The number of hydrogen-bond donors (Lipinski definition) is 0. The van der Waals surface area contributed by atoms with Crippen LogP contribution in [0.4, 0.5) is 0 Å². The molecule has 0 saturated heterocycles. The molecule has 0 amide bonds. The van der Waals surface area contributed by atoms with Gasteiger partial charge in [0.15, 0.2) is 5.82 Å². The fourth-order valence-corrected chi connectivity index (χ4v) is 2.78. The van der Waals surface area contributed by atoms with Crippen molar-refractivity contribution in [1.82, 2.24) is 9.55 Å². The molecule has 0 atom stereocenters. The molecule has 0 N–H and O–H groups in total. The molecule has 1 heterocycles. The van der Waals surface area contributed by atoms with E-state index in [4.69, 9.17) is 4.74 Å². The summed E-state index contributed by atoms with van der Waals surface area (Å²) < 4.78 is 7.59. The minimum atomic E-state index is 0.543. The summed E-state index contributed by atoms with van der Waals surface area (Å²) in [6.07, 6.45) is 1.86. The monoisotopic (exact) mass is 317 g/mol. The van der Waals surface area contributed by atoms with Crippen molar-refractivity contribution in [3.63, 3.8) is 0 Å². The maximum Gasteiger partial charge on any atom is 0.151 e. The molecule has 0 aliphatic rings. The first-order chi connectivity index (χ1) is 11.8. The molecule has 0 fully saturated rings. The number of para-hydroxylation sites is 2. The van der Waals surface area contributed by atoms with Gasteiger partial charge in [0.1, 0.15) is 11.8 Å². The number of allylic oxidation sites excluding steroid dienone is 1. The fourth-order valence-electron chi connectivity index (χ4n) is 2.78. The highest BCUT2D eigenvalue weighted by atomic mass is 16.5. The highest BCUT2D eigenvalue weighted by Gasteiger charge is 2.13. The predicted molar refractivity (Wildman–Crippen MR) is 96.5 cm³/mol. The third-order valence-corrected chi connectivity index (χ3v) is 3.81. The van der Waals surface area contributed by atoms with E-state index >= 15 is 0 Å². The van der Waals surface area contributed by atoms with Crippen LogP contribution < -0.4 is 4.74 Å². The second-order valence-electron chi connectivity index (χ2n) is 5.34. The highest BCUT2D eigenvalue weighted by Crippen LogP contribution is 2.24. The molecule has 0 bridgehead atoms. The van der Waals surface area contributed by atoms with E-state index in [9.17, 15) is 5.26 Å². The number of nitriles is 1. The zero-order valence-electron chi connectivity index (χ0n) is 13.9. The quantitative estimate of drug-likeness (QED) is 0.650. The molecule has 2 aromatic carbocycles. The standard InChI is InChI=1S/C20H19N3O/c1-3-23-19-11-6-5-10-18(19)22-20(23)16(14-21)12-15-8-7-9-17(13-15)24-4-2/h5-13H,3-4H2,1-2H3/b16-12-. The number of benzene rings is 2. The van der Waals surface area contributed by atoms with Crippen molar-refractivity contribution in [2.24, 2.45) is 0 Å². The van der Waals surface area contributed by atoms with E-state index in [2.05, 4.69) is 22.5 Å². The Morgan fingerprint density at radius 2 is 2.04 bits per heavy atom. The van der Waals surface area contributed by atoms with Crippen LogP contribution in [-0.2, 0) is 6.54 Å². The average molecular weight is 317 g/mol. The van der Waals surface area contributed by atoms with E-state index in [-0.39, 0.29) is 0 Å². The lowest BCUT2D eigenvalue weighted by Gasteiger charge is -2.06. The first-order valence-electron chi connectivity index (χ1n) is 8.07. The molecular formula is C20H19N3O. The summed E-state index contributed by atoms with van der Waals surface area (Å²) in [4.78, 5) is 4.65. The van der Waals surface area contributed by atoms with E-state index in [0.29, 0.717) is 18.0 Å². The average Bonchev–Trinajstić information content (AvgIpc) is 2.98. The number of ether oxygens (including phenoxy) is 1. The molecule has 0 aliphatic carbocycles. The van der Waals surface area contributed by atoms with Gasteiger partial charge in [-0.15, -0.1) is 0 Å². The second-order valence-corrected chi connectivity index (χ2v) is 5.34. The van der Waals surface area contributed by atoms with Gasteiger partial charge in [0.05, 0.1) is 23.2 Å². The number of rotatable bonds is 5. The third kappa shape index (κ3) is 3.02. The van der Waals surface area contributed by atoms with Crippen LogP contribution in [0.5, 0.6) is 5.75 Å². The lowest BCUT2D eigenvalue weighted by atomic mass is 10.1. The largest absolute Gasteiger partial charge is 0.494 e. The zero-order valence-corrected chi connectivity index (χ0v) is 13.9. The van der Waals surface area contributed by atoms with Crippen LogP contribution in [0.1, 0.15) is 25.2 Å². The molecule has 120 valence electrons. The van der Waals surface area contributed by atoms with E-state index in [0.717, 1.165) is 28.9 Å². The van der Waals surface area contributed by atoms with E-state index in [1.54, 1.807) is 0 Å². The molecule has 1 aromatic heterocycles. The number of hydrogen-bond acceptors (Lipinski definition) is 3. The van der Waals surface area contributed by atoms with Crippen molar-refractivity contribution in [3.8, 4) is 11.8 Å². The van der Waals surface area contributed by atoms with Crippen molar-refractivity contribution < 1.29 is 4.74 Å². The topological polar surface area (TPSA) is 50.8 Å². The summed E-state index contributed by atoms with van der Waals surface area (Å²) in [5.41, 5.74) is 3.41. The molecule has 4 nitrogen and oxygen atoms in total. The van der Waals surface area contributed by atoms with Crippen LogP contribution in [0, 0.1) is 11.3 Å². The minimum Gasteiger partial charge on any atom is -0.494 e. The molecule has 4 heteroatoms. The number of aromatic nitrogens is 2. The Balaban J connectivity index is 2.09. The van der Waals surface area contributed by atoms with Gasteiger partial charge in [0.25, 0.3) is 0 Å². The summed E-state index contributed by atoms with van der Waals surface area (Å²) >= 11 is 0. The predicted octanol–water partition coefficient (Wildman–Crippen LogP) is 4.52. The molecule has 24 heavy (non-hydrogen) atoms. The van der Waals surface area contributed by atoms with Gasteiger partial charge in [0, 0.05) is 6.54 Å². The van der Waals surface area contributed by atoms with Gasteiger partial charge in [-0.3, -0.25) is 0 Å². The Labute approximate surface area is 141 Å². The molecule has 3 aromatic rings. The van der Waals surface area contributed by atoms with Gasteiger partial charge in [-0.25, -0.2) is 4.98 Å². The molecule has 0 saturated carbocycles. The molecule has 0 spiro atoms. The Kier molecular flexibility index (Phi) is 4.62. The van der Waals surface area contributed by atoms with E-state index in [1.807, 2.05) is 61.5 Å². The van der Waals surface area contributed by atoms with Crippen LogP contribution in [0.25, 0.3) is 22.7 Å². The fraction of sp³-hybridized carbons (Fsp3) is 0.200. The van der Waals surface area contributed by atoms with Crippen LogP contribution in [-0.4, -0.2) is 16.2 Å². The lowest BCUT2D eigenvalue weighted by molar-refractivity contribution is 0.340. The van der Waals surface area contributed by atoms with Crippen molar-refractivity contribution in [2.45, 2.75) is 20.4 Å². The third-order valence-electron chi connectivity index (χ3n) is 3.81. The number of nitrogens with zero attached hydrogens (tertiary/aromatic N) is 3. The van der Waals surface area contributed by atoms with Crippen LogP contribution in [0.3, 0.4) is 0 Å². The smallest absolute Gasteiger partial charge is 0.151 e. The molecule has 0 aliphatic heterocycles. The van der Waals surface area contributed by atoms with Gasteiger partial charge in [-0.1, -0.05) is 24.3 Å². The van der Waals surface area contributed by atoms with Crippen molar-refractivity contribution >= 4 is 22.7 Å². The SMILES string of the molecule is CCOc1cccc(/C=C(/C#N)c2nc3ccccc3n2CC)c1. The molecular weight excluding hydrogens is 298 g/mol. The van der Waals surface area contributed by atoms with E-state index in [1.165, 1.54) is 0 Å². The second kappa shape index (κ2) is 7.01. The normalized spacial score (nSPS) is 11.5. The summed E-state index contributed by atoms with van der Waals surface area (Å²) in [5.74, 6) is 1.50. The van der Waals surface area contributed by atoms with Gasteiger partial charge >= 0.3 is 0 Å². The Morgan fingerprint density at radius 3 is 2.79 bits per heavy atom. The van der Waals surface area contributed by atoms with Gasteiger partial charge in [0.2, 0.25) is 0 Å². The van der Waals surface area contributed by atoms with Crippen LogP contribution >= 0.6 is 0 Å². The summed E-state index contributed by atoms with van der Waals surface area (Å²) in [6.45, 7) is 5.38. The van der Waals surface area contributed by atoms with Crippen molar-refractivity contribution in [3.05, 3.63) is 59.9 Å². The number of fused-ring (bicyclic) bond motifs is 1. The van der Waals surface area contributed by atoms with Crippen molar-refractivity contribution in [1.29, 1.82) is 5.26 Å². The number of imidazole rings is 1. The van der Waals surface area contributed by atoms with Crippen molar-refractivity contribution in [2.75, 3.05) is 6.61 Å². The number of aryl methyl sites for hydroxylation is 1. The first-order valence-corrected chi connectivity index (χ1v) is 8.07. The maximum absolute atomic E-state index is 9.66. The Morgan fingerprint density at radius 1 is 1.21 bits per heavy atom. The molecule has 0 unspecified atom stereocenters. The van der Waals surface area contributed by atoms with Crippen LogP contribution in [0.15, 0.2) is 48.5 Å². The molecule has 0 radical (unpaired) electrons. The maximum atomic E-state index is 9.66. The lowest BCUT2D eigenvalue weighted by Crippen LogP contribution is -2.00. The summed E-state index contributed by atoms with van der Waals surface area (Å²) in [7, 11) is 0. The Hall–Kier alpha value is -3.06. The van der Waals surface area contributed by atoms with Crippen LogP contribution in [0.2, 0.25) is 0 Å². The van der Waals surface area contributed by atoms with Gasteiger partial charge < -0.3 is 9.30 Å². The molecule has 3 rings (SSSR count). The van der Waals surface area contributed by atoms with Gasteiger partial charge in [-0.05, 0) is 49.8 Å². The summed E-state index contributed by atoms with van der Waals surface area (Å²) in [5, 5.41) is 9.66. The first kappa shape index (κ1) is 15.8. The highest BCUT2D eigenvalue weighted by molar-refractivity contribution is 5.91.